The van der Waals surface area contributed by atoms with Gasteiger partial charge in [-0.25, -0.2) is 22.0 Å². The Morgan fingerprint density at radius 3 is 2.00 bits per heavy atom. The fraction of sp³-hybridized carbons (Fsp3) is 0.0476. The summed E-state index contributed by atoms with van der Waals surface area (Å²) in [6, 6.07) is 10.3. The van der Waals surface area contributed by atoms with Crippen molar-refractivity contribution in [3.05, 3.63) is 87.5 Å². The molecule has 0 saturated heterocycles. The quantitative estimate of drug-likeness (QED) is 0.290. The van der Waals surface area contributed by atoms with E-state index >= 15 is 0 Å². The molecule has 0 fully saturated rings. The van der Waals surface area contributed by atoms with Gasteiger partial charge < -0.3 is 5.11 Å². The van der Waals surface area contributed by atoms with E-state index in [1.54, 1.807) is 13.0 Å². The van der Waals surface area contributed by atoms with Crippen molar-refractivity contribution in [2.45, 2.75) is 6.92 Å². The molecule has 4 aromatic rings. The van der Waals surface area contributed by atoms with E-state index in [1.807, 2.05) is 0 Å². The topological polar surface area (TPSA) is 55.1 Å². The number of phenolic OH excluding ortho intramolecular Hbond substituents is 1. The first-order chi connectivity index (χ1) is 14.2. The highest BCUT2D eigenvalue weighted by molar-refractivity contribution is 5.94. The van der Waals surface area contributed by atoms with Gasteiger partial charge in [0, 0.05) is 10.9 Å². The molecule has 0 bridgehead atoms. The van der Waals surface area contributed by atoms with Gasteiger partial charge in [0.2, 0.25) is 5.82 Å². The molecule has 1 heterocycles. The van der Waals surface area contributed by atoms with E-state index in [-0.39, 0.29) is 21.5 Å². The van der Waals surface area contributed by atoms with Crippen LogP contribution in [0.25, 0.3) is 27.7 Å². The maximum atomic E-state index is 14.4. The number of phenols is 1. The van der Waals surface area contributed by atoms with E-state index in [1.165, 1.54) is 36.4 Å². The van der Waals surface area contributed by atoms with Gasteiger partial charge >= 0.3 is 0 Å². The van der Waals surface area contributed by atoms with Crippen LogP contribution in [-0.4, -0.2) is 14.9 Å². The van der Waals surface area contributed by atoms with Gasteiger partial charge in [0.15, 0.2) is 23.3 Å². The van der Waals surface area contributed by atoms with Gasteiger partial charge in [0.25, 0.3) is 5.56 Å². The first-order valence-electron chi connectivity index (χ1n) is 8.56. The summed E-state index contributed by atoms with van der Waals surface area (Å²) in [5, 5.41) is 13.9. The molecule has 30 heavy (non-hydrogen) atoms. The largest absolute Gasteiger partial charge is 0.508 e. The highest BCUT2D eigenvalue weighted by atomic mass is 19.2. The van der Waals surface area contributed by atoms with E-state index in [9.17, 15) is 31.9 Å². The molecular weight excluding hydrogens is 407 g/mol. The maximum Gasteiger partial charge on any atom is 0.279 e. The average Bonchev–Trinajstić information content (AvgIpc) is 2.74. The van der Waals surface area contributed by atoms with E-state index in [0.717, 1.165) is 0 Å². The van der Waals surface area contributed by atoms with Gasteiger partial charge in [-0.1, -0.05) is 18.2 Å². The summed E-state index contributed by atoms with van der Waals surface area (Å²) in [6.45, 7) is 1.60. The van der Waals surface area contributed by atoms with Gasteiger partial charge in [-0.05, 0) is 36.8 Å². The molecule has 9 heteroatoms. The van der Waals surface area contributed by atoms with Crippen LogP contribution in [0.4, 0.5) is 22.0 Å². The second kappa shape index (κ2) is 6.94. The molecule has 0 aliphatic rings. The number of aryl methyl sites for hydroxylation is 1. The third-order valence-corrected chi connectivity index (χ3v) is 4.67. The minimum absolute atomic E-state index is 0.0175. The van der Waals surface area contributed by atoms with Crippen molar-refractivity contribution >= 4 is 10.8 Å². The number of nitrogens with zero attached hydrogens (tertiary/aromatic N) is 2. The summed E-state index contributed by atoms with van der Waals surface area (Å²) in [5.74, 6) is -11.1. The zero-order chi connectivity index (χ0) is 21.7. The van der Waals surface area contributed by atoms with Gasteiger partial charge in [0.1, 0.15) is 11.4 Å². The molecule has 0 atom stereocenters. The predicted molar refractivity (Wildman–Crippen MR) is 99.0 cm³/mol. The van der Waals surface area contributed by atoms with Crippen LogP contribution in [0.15, 0.2) is 47.3 Å². The Bertz CT molecular complexity index is 1370. The van der Waals surface area contributed by atoms with Gasteiger partial charge in [0.05, 0.1) is 11.1 Å². The SMILES string of the molecule is Cc1cc(-c2nn(-c3c(F)c(F)c(F)c(F)c3F)c(=O)c3ccccc23)ccc1O. The Labute approximate surface area is 165 Å². The second-order valence-corrected chi connectivity index (χ2v) is 6.53. The number of rotatable bonds is 2. The minimum atomic E-state index is -2.34. The molecule has 1 N–H and O–H groups in total. The number of benzene rings is 3. The van der Waals surface area contributed by atoms with Gasteiger partial charge in [-0.3, -0.25) is 4.79 Å². The summed E-state index contributed by atoms with van der Waals surface area (Å²) in [6.07, 6.45) is 0. The Balaban J connectivity index is 2.15. The van der Waals surface area contributed by atoms with Crippen LogP contribution in [0.5, 0.6) is 5.75 Å². The summed E-state index contributed by atoms with van der Waals surface area (Å²) in [4.78, 5) is 12.8. The lowest BCUT2D eigenvalue weighted by molar-refractivity contribution is 0.373. The zero-order valence-corrected chi connectivity index (χ0v) is 15.2. The lowest BCUT2D eigenvalue weighted by Crippen LogP contribution is -2.25. The van der Waals surface area contributed by atoms with Gasteiger partial charge in [-0.2, -0.15) is 9.78 Å². The van der Waals surface area contributed by atoms with Crippen molar-refractivity contribution < 1.29 is 27.1 Å². The molecule has 1 aromatic heterocycles. The summed E-state index contributed by atoms with van der Waals surface area (Å²) < 4.78 is 69.8. The smallest absolute Gasteiger partial charge is 0.279 e. The third kappa shape index (κ3) is 2.81. The maximum absolute atomic E-state index is 14.4. The van der Waals surface area contributed by atoms with Crippen molar-refractivity contribution in [3.63, 3.8) is 0 Å². The highest BCUT2D eigenvalue weighted by Crippen LogP contribution is 2.30. The standard InChI is InChI=1S/C21H11F5N2O2/c1-9-8-10(6-7-13(9)29)19-11-4-2-3-5-12(11)21(30)28(27-19)20-17(25)15(23)14(22)16(24)18(20)26/h2-8,29H,1H3. The average molecular weight is 418 g/mol. The predicted octanol–water partition coefficient (Wildman–Crippen LogP) is 4.76. The molecule has 152 valence electrons. The third-order valence-electron chi connectivity index (χ3n) is 4.67. The monoisotopic (exact) mass is 418 g/mol. The lowest BCUT2D eigenvalue weighted by Gasteiger charge is -2.14. The van der Waals surface area contributed by atoms with Crippen LogP contribution in [-0.2, 0) is 0 Å². The van der Waals surface area contributed by atoms with Crippen molar-refractivity contribution in [1.82, 2.24) is 9.78 Å². The molecular formula is C21H11F5N2O2. The number of hydrogen-bond donors (Lipinski definition) is 1. The molecule has 0 aliphatic carbocycles. The number of hydrogen-bond acceptors (Lipinski definition) is 3. The molecule has 4 nitrogen and oxygen atoms in total. The van der Waals surface area contributed by atoms with Crippen molar-refractivity contribution in [1.29, 1.82) is 0 Å². The lowest BCUT2D eigenvalue weighted by atomic mass is 10.0. The number of halogens is 5. The van der Waals surface area contributed by atoms with E-state index in [4.69, 9.17) is 0 Å². The van der Waals surface area contributed by atoms with Crippen molar-refractivity contribution in [3.8, 4) is 22.7 Å². The van der Waals surface area contributed by atoms with Gasteiger partial charge in [-0.15, -0.1) is 0 Å². The Kier molecular flexibility index (Phi) is 4.53. The fourth-order valence-electron chi connectivity index (χ4n) is 3.14. The minimum Gasteiger partial charge on any atom is -0.508 e. The first kappa shape index (κ1) is 19.6. The highest BCUT2D eigenvalue weighted by Gasteiger charge is 2.29. The molecule has 0 radical (unpaired) electrons. The van der Waals surface area contributed by atoms with E-state index < -0.39 is 40.3 Å². The number of fused-ring (bicyclic) bond motifs is 1. The Hall–Kier alpha value is -3.75. The van der Waals surface area contributed by atoms with Crippen LogP contribution >= 0.6 is 0 Å². The summed E-state index contributed by atoms with van der Waals surface area (Å²) in [7, 11) is 0. The molecule has 0 aliphatic heterocycles. The molecule has 0 unspecified atom stereocenters. The molecule has 0 spiro atoms. The van der Waals surface area contributed by atoms with Crippen LogP contribution < -0.4 is 5.56 Å². The number of aromatic hydroxyl groups is 1. The van der Waals surface area contributed by atoms with E-state index in [0.29, 0.717) is 16.5 Å². The van der Waals surface area contributed by atoms with Crippen LogP contribution in [0.1, 0.15) is 5.56 Å². The van der Waals surface area contributed by atoms with Crippen LogP contribution in [0.2, 0.25) is 0 Å². The first-order valence-corrected chi connectivity index (χ1v) is 8.56. The van der Waals surface area contributed by atoms with Crippen LogP contribution in [0, 0.1) is 36.0 Å². The zero-order valence-electron chi connectivity index (χ0n) is 15.2. The Morgan fingerprint density at radius 2 is 1.40 bits per heavy atom. The molecule has 3 aromatic carbocycles. The number of aromatic nitrogens is 2. The normalized spacial score (nSPS) is 11.3. The fourth-order valence-corrected chi connectivity index (χ4v) is 3.14. The van der Waals surface area contributed by atoms with E-state index in [2.05, 4.69) is 5.10 Å². The van der Waals surface area contributed by atoms with Crippen LogP contribution in [0.3, 0.4) is 0 Å². The van der Waals surface area contributed by atoms with Crippen molar-refractivity contribution in [2.75, 3.05) is 0 Å². The second-order valence-electron chi connectivity index (χ2n) is 6.53. The summed E-state index contributed by atoms with van der Waals surface area (Å²) in [5.41, 5.74) is -1.67. The molecule has 4 rings (SSSR count). The molecule has 0 saturated carbocycles. The van der Waals surface area contributed by atoms with Crippen molar-refractivity contribution in [2.24, 2.45) is 0 Å². The Morgan fingerprint density at radius 1 is 0.833 bits per heavy atom. The molecule has 0 amide bonds. The summed E-state index contributed by atoms with van der Waals surface area (Å²) >= 11 is 0.